The number of nitrogens with two attached hydrogens (primary N) is 1. The fraction of sp³-hybridized carbons (Fsp3) is 0.448. The molecule has 0 radical (unpaired) electrons. The molecular formula is C58H66Cl2F6I2N10O10. The van der Waals surface area contributed by atoms with Crippen molar-refractivity contribution in [3.63, 3.8) is 0 Å². The number of nitrogens with zero attached hydrogens (tertiary/aromatic N) is 6. The predicted octanol–water partition coefficient (Wildman–Crippen LogP) is 13.2. The maximum absolute atomic E-state index is 13.6. The van der Waals surface area contributed by atoms with Gasteiger partial charge < -0.3 is 54.3 Å². The molecule has 88 heavy (non-hydrogen) atoms. The SMILES string of the molecule is C.CC(C)OC(=O)C1(COC(=O)NC2CCc3c2cn(C)c3C(=O)Nc2ccc(F)c(Cl)c2)CC(F)(F)C1.CC(C)OC(=O)C1(COC(=O)n2ccnc2)CC(F)(F)C1.Cn1cc2c(c1C(=O)Nc1ccc(F)c(Cl)c1)CCC2N.IC(I)n1ccnc1. The molecule has 3 amide bonds. The summed E-state index contributed by atoms with van der Waals surface area (Å²) in [5.74, 6) is -9.31. The van der Waals surface area contributed by atoms with Gasteiger partial charge in [0.1, 0.15) is 55.4 Å². The van der Waals surface area contributed by atoms with Gasteiger partial charge in [-0.25, -0.2) is 50.5 Å². The van der Waals surface area contributed by atoms with Crippen LogP contribution in [0.5, 0.6) is 0 Å². The fourth-order valence-electron chi connectivity index (χ4n) is 10.3. The van der Waals surface area contributed by atoms with Gasteiger partial charge in [-0.2, -0.15) is 0 Å². The van der Waals surface area contributed by atoms with Crippen LogP contribution >= 0.6 is 68.4 Å². The van der Waals surface area contributed by atoms with E-state index in [0.29, 0.717) is 43.2 Å². The summed E-state index contributed by atoms with van der Waals surface area (Å²) in [7, 11) is 3.50. The number of nitrogens with one attached hydrogen (secondary N) is 3. The average molecular weight is 1500 g/mol. The molecule has 4 aliphatic carbocycles. The van der Waals surface area contributed by atoms with Crippen molar-refractivity contribution in [3.8, 4) is 0 Å². The van der Waals surface area contributed by atoms with Crippen LogP contribution in [0.1, 0.15) is 131 Å². The molecule has 2 saturated carbocycles. The first-order chi connectivity index (χ1) is 40.8. The second kappa shape index (κ2) is 29.5. The minimum absolute atomic E-state index is 0. The normalized spacial score (nSPS) is 17.5. The Hall–Kier alpha value is -6.38. The van der Waals surface area contributed by atoms with E-state index in [4.69, 9.17) is 47.9 Å². The number of aryl methyl sites for hydroxylation is 2. The number of imidazole rings is 2. The number of halogens is 10. The van der Waals surface area contributed by atoms with Crippen molar-refractivity contribution < 1.29 is 74.1 Å². The van der Waals surface area contributed by atoms with Gasteiger partial charge in [0.2, 0.25) is 0 Å². The van der Waals surface area contributed by atoms with E-state index < -0.39 is 121 Å². The molecule has 2 aromatic carbocycles. The largest absolute Gasteiger partial charge is 0.462 e. The van der Waals surface area contributed by atoms with Crippen molar-refractivity contribution >= 4 is 116 Å². The number of rotatable bonds is 14. The van der Waals surface area contributed by atoms with Gasteiger partial charge in [0.25, 0.3) is 23.7 Å². The molecule has 4 heterocycles. The van der Waals surface area contributed by atoms with Crippen molar-refractivity contribution in [3.05, 3.63) is 142 Å². The lowest BCUT2D eigenvalue weighted by atomic mass is 9.66. The minimum atomic E-state index is -3.02. The molecule has 4 aromatic heterocycles. The lowest BCUT2D eigenvalue weighted by Gasteiger charge is -2.44. The molecule has 30 heteroatoms. The Balaban J connectivity index is 0.000000207. The van der Waals surface area contributed by atoms with Gasteiger partial charge in [-0.1, -0.05) is 30.6 Å². The number of aromatic nitrogens is 6. The number of fused-ring (bicyclic) bond motifs is 2. The van der Waals surface area contributed by atoms with Crippen LogP contribution in [-0.2, 0) is 55.5 Å². The molecule has 4 aliphatic rings. The molecular weight excluding hydrogens is 1440 g/mol. The number of amides is 3. The lowest BCUT2D eigenvalue weighted by molar-refractivity contribution is -0.209. The maximum Gasteiger partial charge on any atom is 0.419 e. The second-order valence-electron chi connectivity index (χ2n) is 21.9. The first-order valence-electron chi connectivity index (χ1n) is 27.0. The first kappa shape index (κ1) is 70.7. The summed E-state index contributed by atoms with van der Waals surface area (Å²) in [4.78, 5) is 81.5. The summed E-state index contributed by atoms with van der Waals surface area (Å²) >= 11 is 16.1. The van der Waals surface area contributed by atoms with Crippen molar-refractivity contribution in [2.75, 3.05) is 23.8 Å². The predicted molar refractivity (Wildman–Crippen MR) is 331 cm³/mol. The zero-order valence-electron chi connectivity index (χ0n) is 47.7. The Morgan fingerprint density at radius 1 is 0.693 bits per heavy atom. The van der Waals surface area contributed by atoms with Crippen LogP contribution < -0.4 is 21.7 Å². The van der Waals surface area contributed by atoms with Gasteiger partial charge in [0, 0.05) is 94.4 Å². The standard InChI is InChI=1S/C25H27ClF3N3O5.C15H15ClFN3O.C13H16F2N2O4.C4H4I2N2.CH4/c1-13(2)37-22(34)24(10-25(28,29)11-24)12-36-23(35)31-19-7-5-15-16(19)9-32(3)20(15)21(33)30-14-4-6-18(27)17(26)8-14;1-20-7-10-9(3-5-13(10)18)14(20)15(21)19-8-2-4-12(17)11(16)6-8;1-9(2)21-10(18)12(5-13(14,15)6-12)7-20-11(19)17-4-3-16-8-17;5-4(6)8-2-1-7-3-8;/h4,6,8-9,13,19H,5,7,10-12H2,1-3H3,(H,30,33)(H,31,35);2,4,6-7,13H,3,5,18H2,1H3,(H,19,21);3-4,8-9H,5-7H2,1-2H3;1-4H;1H4. The highest BCUT2D eigenvalue weighted by molar-refractivity contribution is 14.2. The van der Waals surface area contributed by atoms with E-state index >= 15 is 0 Å². The number of esters is 2. The van der Waals surface area contributed by atoms with Crippen molar-refractivity contribution in [1.29, 1.82) is 0 Å². The number of benzene rings is 2. The summed E-state index contributed by atoms with van der Waals surface area (Å²) < 4.78 is 107. The van der Waals surface area contributed by atoms with E-state index in [1.165, 1.54) is 49.1 Å². The van der Waals surface area contributed by atoms with Crippen LogP contribution in [-0.4, -0.2) is 101 Å². The summed E-state index contributed by atoms with van der Waals surface area (Å²) in [5, 5.41) is 7.99. The molecule has 0 aliphatic heterocycles. The number of carbonyl (C=O) groups is 6. The van der Waals surface area contributed by atoms with Crippen LogP contribution in [0.25, 0.3) is 0 Å². The van der Waals surface area contributed by atoms with Crippen LogP contribution in [0.3, 0.4) is 0 Å². The van der Waals surface area contributed by atoms with E-state index in [1.807, 2.05) is 30.3 Å². The second-order valence-corrected chi connectivity index (χ2v) is 27.4. The molecule has 2 unspecified atom stereocenters. The number of anilines is 2. The number of ether oxygens (including phenoxy) is 4. The summed E-state index contributed by atoms with van der Waals surface area (Å²) in [6.07, 6.45) is 10.3. The Labute approximate surface area is 540 Å². The monoisotopic (exact) mass is 1500 g/mol. The van der Waals surface area contributed by atoms with Gasteiger partial charge in [0.15, 0.2) is 0 Å². The molecule has 6 aromatic rings. The van der Waals surface area contributed by atoms with Crippen LogP contribution in [0, 0.1) is 22.5 Å². The Bertz CT molecular complexity index is 3460. The summed E-state index contributed by atoms with van der Waals surface area (Å²) in [6, 6.07) is 7.46. The molecule has 0 spiro atoms. The molecule has 0 saturated heterocycles. The van der Waals surface area contributed by atoms with E-state index in [9.17, 15) is 55.1 Å². The zero-order valence-corrected chi connectivity index (χ0v) is 53.5. The number of hydrogen-bond acceptors (Lipinski definition) is 13. The van der Waals surface area contributed by atoms with E-state index in [-0.39, 0.29) is 29.4 Å². The third-order valence-corrected chi connectivity index (χ3v) is 16.1. The fourth-order valence-corrected chi connectivity index (χ4v) is 11.3. The Kier molecular flexibility index (Phi) is 23.7. The number of carbonyl (C=O) groups excluding carboxylic acids is 6. The minimum Gasteiger partial charge on any atom is -0.462 e. The first-order valence-corrected chi connectivity index (χ1v) is 30.2. The molecule has 478 valence electrons. The molecule has 10 rings (SSSR count). The van der Waals surface area contributed by atoms with Crippen molar-refractivity contribution in [2.45, 2.75) is 125 Å². The smallest absolute Gasteiger partial charge is 0.419 e. The van der Waals surface area contributed by atoms with Gasteiger partial charge >= 0.3 is 24.1 Å². The van der Waals surface area contributed by atoms with Gasteiger partial charge in [0.05, 0.1) is 34.6 Å². The molecule has 2 atom stereocenters. The molecule has 2 fully saturated rings. The summed E-state index contributed by atoms with van der Waals surface area (Å²) in [5.41, 5.74) is 8.20. The summed E-state index contributed by atoms with van der Waals surface area (Å²) in [6.45, 7) is 5.50. The topological polar surface area (TPSA) is 247 Å². The Morgan fingerprint density at radius 2 is 1.15 bits per heavy atom. The lowest BCUT2D eigenvalue weighted by Crippen LogP contribution is -2.55. The third kappa shape index (κ3) is 17.5. The van der Waals surface area contributed by atoms with Crippen LogP contribution in [0.4, 0.5) is 47.3 Å². The average Bonchev–Trinajstić information content (AvgIpc) is 2.12. The van der Waals surface area contributed by atoms with Crippen molar-refractivity contribution in [2.24, 2.45) is 30.7 Å². The highest BCUT2D eigenvalue weighted by Crippen LogP contribution is 2.54. The Morgan fingerprint density at radius 3 is 1.57 bits per heavy atom. The van der Waals surface area contributed by atoms with Gasteiger partial charge in [-0.3, -0.25) is 19.2 Å². The van der Waals surface area contributed by atoms with Crippen LogP contribution in [0.15, 0.2) is 86.2 Å². The zero-order chi connectivity index (χ0) is 63.9. The highest BCUT2D eigenvalue weighted by atomic mass is 127. The van der Waals surface area contributed by atoms with Gasteiger partial charge in [-0.15, -0.1) is 0 Å². The molecule has 20 nitrogen and oxygen atoms in total. The molecule has 5 N–H and O–H groups in total. The van der Waals surface area contributed by atoms with Gasteiger partial charge in [-0.05, 0) is 157 Å². The third-order valence-electron chi connectivity index (χ3n) is 14.2. The van der Waals surface area contributed by atoms with E-state index in [0.717, 1.165) is 40.2 Å². The molecule has 0 bridgehead atoms. The van der Waals surface area contributed by atoms with E-state index in [2.05, 4.69) is 71.1 Å². The quantitative estimate of drug-likeness (QED) is 0.0261. The number of hydrogen-bond donors (Lipinski definition) is 4. The maximum atomic E-state index is 13.6. The van der Waals surface area contributed by atoms with E-state index in [1.54, 1.807) is 56.3 Å². The highest BCUT2D eigenvalue weighted by Gasteiger charge is 2.64. The number of alkyl carbamates (subject to hydrolysis) is 1. The van der Waals surface area contributed by atoms with Crippen molar-refractivity contribution in [1.82, 2.24) is 33.6 Å². The number of alkyl halides is 6. The van der Waals surface area contributed by atoms with Crippen LogP contribution in [0.2, 0.25) is 10.0 Å².